The largest absolute Gasteiger partial charge is 0.444 e. The normalized spacial score (nSPS) is 10.9. The number of aryl methyl sites for hydroxylation is 2. The number of rotatable bonds is 4. The molecule has 0 bridgehead atoms. The van der Waals surface area contributed by atoms with Gasteiger partial charge in [0.2, 0.25) is 0 Å². The zero-order valence-corrected chi connectivity index (χ0v) is 15.0. The Labute approximate surface area is 150 Å². The molecule has 1 amide bonds. The van der Waals surface area contributed by atoms with E-state index >= 15 is 0 Å². The molecule has 0 saturated carbocycles. The van der Waals surface area contributed by atoms with Gasteiger partial charge in [0.05, 0.1) is 12.7 Å². The van der Waals surface area contributed by atoms with Crippen molar-refractivity contribution in [1.29, 1.82) is 0 Å². The molecule has 0 spiro atoms. The molecule has 3 aromatic rings. The predicted octanol–water partition coefficient (Wildman–Crippen LogP) is 4.43. The molecular weight excluding hydrogens is 396 g/mol. The van der Waals surface area contributed by atoms with Gasteiger partial charge in [0.15, 0.2) is 10.4 Å². The minimum atomic E-state index is -0.544. The van der Waals surface area contributed by atoms with Crippen LogP contribution in [-0.4, -0.2) is 15.7 Å². The van der Waals surface area contributed by atoms with E-state index in [2.05, 4.69) is 26.3 Å². The van der Waals surface area contributed by atoms with Crippen LogP contribution in [-0.2, 0) is 6.54 Å². The SMILES string of the molecule is Cc1cc(Br)oc1C(=O)Nc1c(C)cnn1Cc1cc(F)ccc1F. The van der Waals surface area contributed by atoms with E-state index in [9.17, 15) is 13.6 Å². The lowest BCUT2D eigenvalue weighted by Crippen LogP contribution is -2.17. The van der Waals surface area contributed by atoms with Crippen molar-refractivity contribution in [2.45, 2.75) is 20.4 Å². The fourth-order valence-electron chi connectivity index (χ4n) is 2.42. The molecular formula is C17H14BrF2N3O2. The first-order chi connectivity index (χ1) is 11.8. The maximum Gasteiger partial charge on any atom is 0.292 e. The first kappa shape index (κ1) is 17.3. The third-order valence-corrected chi connectivity index (χ3v) is 4.07. The molecule has 0 atom stereocenters. The van der Waals surface area contributed by atoms with Crippen LogP contribution in [0.3, 0.4) is 0 Å². The zero-order valence-electron chi connectivity index (χ0n) is 13.4. The van der Waals surface area contributed by atoms with E-state index in [1.807, 2.05) is 0 Å². The number of aromatic nitrogens is 2. The molecule has 0 fully saturated rings. The predicted molar refractivity (Wildman–Crippen MR) is 91.5 cm³/mol. The topological polar surface area (TPSA) is 60.1 Å². The second-order valence-electron chi connectivity index (χ2n) is 5.59. The Hall–Kier alpha value is -2.48. The summed E-state index contributed by atoms with van der Waals surface area (Å²) in [6, 6.07) is 4.89. The van der Waals surface area contributed by atoms with Gasteiger partial charge in [0.1, 0.15) is 17.5 Å². The number of hydrogen-bond acceptors (Lipinski definition) is 3. The molecule has 0 saturated heterocycles. The molecule has 130 valence electrons. The van der Waals surface area contributed by atoms with E-state index in [4.69, 9.17) is 4.42 Å². The van der Waals surface area contributed by atoms with Gasteiger partial charge in [-0.2, -0.15) is 5.10 Å². The van der Waals surface area contributed by atoms with E-state index in [0.717, 1.165) is 18.2 Å². The highest BCUT2D eigenvalue weighted by atomic mass is 79.9. The quantitative estimate of drug-likeness (QED) is 0.692. The molecule has 0 radical (unpaired) electrons. The Morgan fingerprint density at radius 2 is 2.04 bits per heavy atom. The maximum atomic E-state index is 13.9. The lowest BCUT2D eigenvalue weighted by Gasteiger charge is -2.10. The van der Waals surface area contributed by atoms with Crippen LogP contribution in [0.15, 0.2) is 39.5 Å². The molecule has 5 nitrogen and oxygen atoms in total. The van der Waals surface area contributed by atoms with Crippen molar-refractivity contribution in [3.63, 3.8) is 0 Å². The standard InChI is InChI=1S/C17H14BrF2N3O2/c1-9-5-14(18)25-15(9)17(24)22-16-10(2)7-21-23(16)8-11-6-12(19)3-4-13(11)20/h3-7H,8H2,1-2H3,(H,22,24). The van der Waals surface area contributed by atoms with Gasteiger partial charge in [0, 0.05) is 16.7 Å². The summed E-state index contributed by atoms with van der Waals surface area (Å²) in [5.41, 5.74) is 1.49. The summed E-state index contributed by atoms with van der Waals surface area (Å²) < 4.78 is 34.4. The molecule has 0 unspecified atom stereocenters. The van der Waals surface area contributed by atoms with Crippen molar-refractivity contribution in [3.8, 4) is 0 Å². The van der Waals surface area contributed by atoms with Crippen LogP contribution in [0, 0.1) is 25.5 Å². The van der Waals surface area contributed by atoms with Gasteiger partial charge < -0.3 is 9.73 Å². The number of anilines is 1. The molecule has 2 heterocycles. The number of carbonyl (C=O) groups is 1. The number of carbonyl (C=O) groups excluding carboxylic acids is 1. The fourth-order valence-corrected chi connectivity index (χ4v) is 2.93. The highest BCUT2D eigenvalue weighted by Gasteiger charge is 2.19. The van der Waals surface area contributed by atoms with Crippen LogP contribution in [0.2, 0.25) is 0 Å². The van der Waals surface area contributed by atoms with E-state index < -0.39 is 17.5 Å². The third-order valence-electron chi connectivity index (χ3n) is 3.68. The summed E-state index contributed by atoms with van der Waals surface area (Å²) in [5.74, 6) is -0.983. The fraction of sp³-hybridized carbons (Fsp3) is 0.176. The van der Waals surface area contributed by atoms with Crippen molar-refractivity contribution in [1.82, 2.24) is 9.78 Å². The van der Waals surface area contributed by atoms with Crippen LogP contribution < -0.4 is 5.32 Å². The number of hydrogen-bond donors (Lipinski definition) is 1. The number of amides is 1. The first-order valence-electron chi connectivity index (χ1n) is 7.38. The van der Waals surface area contributed by atoms with Crippen LogP contribution in [0.1, 0.15) is 27.2 Å². The summed E-state index contributed by atoms with van der Waals surface area (Å²) in [5, 5.41) is 6.84. The molecule has 3 rings (SSSR count). The van der Waals surface area contributed by atoms with Crippen LogP contribution in [0.4, 0.5) is 14.6 Å². The van der Waals surface area contributed by atoms with Crippen LogP contribution in [0.5, 0.6) is 0 Å². The van der Waals surface area contributed by atoms with E-state index in [-0.39, 0.29) is 17.9 Å². The smallest absolute Gasteiger partial charge is 0.292 e. The summed E-state index contributed by atoms with van der Waals surface area (Å²) in [4.78, 5) is 12.4. The van der Waals surface area contributed by atoms with Gasteiger partial charge >= 0.3 is 0 Å². The van der Waals surface area contributed by atoms with Crippen LogP contribution in [0.25, 0.3) is 0 Å². The zero-order chi connectivity index (χ0) is 18.1. The Kier molecular flexibility index (Phi) is 4.71. The average Bonchev–Trinajstić information content (AvgIpc) is 3.06. The van der Waals surface area contributed by atoms with Crippen molar-refractivity contribution in [2.24, 2.45) is 0 Å². The summed E-state index contributed by atoms with van der Waals surface area (Å²) in [6.07, 6.45) is 1.54. The number of halogens is 3. The average molecular weight is 410 g/mol. The number of nitrogens with one attached hydrogen (secondary N) is 1. The van der Waals surface area contributed by atoms with Gasteiger partial charge in [-0.15, -0.1) is 0 Å². The van der Waals surface area contributed by atoms with Crippen LogP contribution >= 0.6 is 15.9 Å². The molecule has 1 aromatic carbocycles. The van der Waals surface area contributed by atoms with E-state index in [0.29, 0.717) is 21.6 Å². The summed E-state index contributed by atoms with van der Waals surface area (Å²) in [6.45, 7) is 3.48. The number of benzene rings is 1. The summed E-state index contributed by atoms with van der Waals surface area (Å²) >= 11 is 3.18. The Morgan fingerprint density at radius 1 is 1.28 bits per heavy atom. The Morgan fingerprint density at radius 3 is 2.72 bits per heavy atom. The highest BCUT2D eigenvalue weighted by molar-refractivity contribution is 9.10. The second kappa shape index (κ2) is 6.79. The van der Waals surface area contributed by atoms with E-state index in [1.54, 1.807) is 19.9 Å². The van der Waals surface area contributed by atoms with Gasteiger partial charge in [0.25, 0.3) is 5.91 Å². The third kappa shape index (κ3) is 3.63. The van der Waals surface area contributed by atoms with Gasteiger partial charge in [-0.05, 0) is 54.0 Å². The van der Waals surface area contributed by atoms with Gasteiger partial charge in [-0.1, -0.05) is 0 Å². The lowest BCUT2D eigenvalue weighted by atomic mass is 10.2. The van der Waals surface area contributed by atoms with Crippen molar-refractivity contribution in [3.05, 3.63) is 69.2 Å². The number of furan rings is 1. The molecule has 8 heteroatoms. The molecule has 2 aromatic heterocycles. The Bertz CT molecular complexity index is 950. The molecule has 0 aliphatic carbocycles. The second-order valence-corrected chi connectivity index (χ2v) is 6.37. The molecule has 0 aliphatic rings. The monoisotopic (exact) mass is 409 g/mol. The van der Waals surface area contributed by atoms with Gasteiger partial charge in [-0.3, -0.25) is 4.79 Å². The van der Waals surface area contributed by atoms with Crippen molar-refractivity contribution < 1.29 is 18.0 Å². The lowest BCUT2D eigenvalue weighted by molar-refractivity contribution is 0.0993. The highest BCUT2D eigenvalue weighted by Crippen LogP contribution is 2.23. The van der Waals surface area contributed by atoms with Gasteiger partial charge in [-0.25, -0.2) is 13.5 Å². The Balaban J connectivity index is 1.88. The molecule has 25 heavy (non-hydrogen) atoms. The van der Waals surface area contributed by atoms with E-state index in [1.165, 1.54) is 10.9 Å². The van der Waals surface area contributed by atoms with Crippen molar-refractivity contribution in [2.75, 3.05) is 5.32 Å². The minimum Gasteiger partial charge on any atom is -0.444 e. The number of nitrogens with zero attached hydrogens (tertiary/aromatic N) is 2. The minimum absolute atomic E-state index is 0.0200. The summed E-state index contributed by atoms with van der Waals surface area (Å²) in [7, 11) is 0. The maximum absolute atomic E-state index is 13.9. The molecule has 1 N–H and O–H groups in total. The molecule has 0 aliphatic heterocycles. The van der Waals surface area contributed by atoms with Crippen molar-refractivity contribution >= 4 is 27.7 Å². The first-order valence-corrected chi connectivity index (χ1v) is 8.18.